The third kappa shape index (κ3) is 5.93. The third-order valence-corrected chi connectivity index (χ3v) is 14.0. The van der Waals surface area contributed by atoms with Crippen LogP contribution in [-0.2, 0) is 0 Å². The Morgan fingerprint density at radius 2 is 0.686 bits per heavy atom. The molecule has 0 fully saturated rings. The number of fused-ring (bicyclic) bond motifs is 13. The molecule has 0 unspecified atom stereocenters. The van der Waals surface area contributed by atoms with E-state index in [2.05, 4.69) is 204 Å². The van der Waals surface area contributed by atoms with Crippen LogP contribution >= 0.6 is 0 Å². The van der Waals surface area contributed by atoms with Gasteiger partial charge in [0.05, 0.1) is 11.4 Å². The smallest absolute Gasteiger partial charge is 0.159 e. The van der Waals surface area contributed by atoms with Crippen molar-refractivity contribution >= 4 is 133 Å². The van der Waals surface area contributed by atoms with E-state index in [-0.39, 0.29) is 0 Å². The maximum absolute atomic E-state index is 6.75. The molecule has 15 rings (SSSR count). The molecular formula is C64H38N2O4. The number of anilines is 6. The number of benzene rings is 11. The van der Waals surface area contributed by atoms with Crippen LogP contribution in [0.15, 0.2) is 248 Å². The first-order chi connectivity index (χ1) is 34.7. The van der Waals surface area contributed by atoms with Gasteiger partial charge in [-0.15, -0.1) is 0 Å². The summed E-state index contributed by atoms with van der Waals surface area (Å²) < 4.78 is 26.4. The van der Waals surface area contributed by atoms with Crippen molar-refractivity contribution in [3.05, 3.63) is 231 Å². The van der Waals surface area contributed by atoms with Crippen molar-refractivity contribution in [3.63, 3.8) is 0 Å². The van der Waals surface area contributed by atoms with Crippen LogP contribution in [-0.4, -0.2) is 0 Å². The Balaban J connectivity index is 0.802. The Morgan fingerprint density at radius 1 is 0.243 bits per heavy atom. The second-order valence-electron chi connectivity index (χ2n) is 18.0. The van der Waals surface area contributed by atoms with Crippen LogP contribution in [0.25, 0.3) is 110 Å². The summed E-state index contributed by atoms with van der Waals surface area (Å²) in [5.74, 6) is 0. The molecule has 11 aromatic carbocycles. The summed E-state index contributed by atoms with van der Waals surface area (Å²) in [4.78, 5) is 4.52. The van der Waals surface area contributed by atoms with E-state index < -0.39 is 0 Å². The minimum atomic E-state index is 0.809. The first-order valence-electron chi connectivity index (χ1n) is 23.5. The summed E-state index contributed by atoms with van der Waals surface area (Å²) in [5, 5.41) is 10.8. The Kier molecular flexibility index (Phi) is 8.26. The van der Waals surface area contributed by atoms with Crippen molar-refractivity contribution in [2.24, 2.45) is 0 Å². The van der Waals surface area contributed by atoms with Crippen molar-refractivity contribution in [3.8, 4) is 11.1 Å². The second kappa shape index (κ2) is 15.0. The minimum Gasteiger partial charge on any atom is -0.456 e. The lowest BCUT2D eigenvalue weighted by molar-refractivity contribution is 0.667. The zero-order valence-corrected chi connectivity index (χ0v) is 37.5. The predicted octanol–water partition coefficient (Wildman–Crippen LogP) is 19.0. The van der Waals surface area contributed by atoms with Gasteiger partial charge in [-0.2, -0.15) is 0 Å². The van der Waals surface area contributed by atoms with Crippen molar-refractivity contribution < 1.29 is 17.7 Å². The molecular weight excluding hydrogens is 861 g/mol. The predicted molar refractivity (Wildman–Crippen MR) is 288 cm³/mol. The van der Waals surface area contributed by atoms with E-state index >= 15 is 0 Å². The highest BCUT2D eigenvalue weighted by Gasteiger charge is 2.22. The van der Waals surface area contributed by atoms with Crippen LogP contribution in [0.2, 0.25) is 0 Å². The van der Waals surface area contributed by atoms with E-state index in [0.29, 0.717) is 0 Å². The maximum Gasteiger partial charge on any atom is 0.159 e. The number of hydrogen-bond donors (Lipinski definition) is 0. The summed E-state index contributed by atoms with van der Waals surface area (Å²) in [5.41, 5.74) is 15.0. The van der Waals surface area contributed by atoms with Gasteiger partial charge in [0.1, 0.15) is 39.1 Å². The number of furan rings is 4. The van der Waals surface area contributed by atoms with Gasteiger partial charge in [-0.1, -0.05) is 115 Å². The van der Waals surface area contributed by atoms with Gasteiger partial charge >= 0.3 is 0 Å². The van der Waals surface area contributed by atoms with E-state index in [1.807, 2.05) is 36.4 Å². The van der Waals surface area contributed by atoms with Crippen molar-refractivity contribution in [1.82, 2.24) is 0 Å². The van der Waals surface area contributed by atoms with Gasteiger partial charge in [0, 0.05) is 83.5 Å². The molecule has 0 aliphatic heterocycles. The molecule has 15 aromatic rings. The van der Waals surface area contributed by atoms with Gasteiger partial charge in [-0.05, 0) is 119 Å². The van der Waals surface area contributed by atoms with Crippen molar-refractivity contribution in [2.45, 2.75) is 0 Å². The molecule has 6 heteroatoms. The van der Waals surface area contributed by atoms with Gasteiger partial charge in [0.2, 0.25) is 0 Å². The zero-order chi connectivity index (χ0) is 45.9. The van der Waals surface area contributed by atoms with E-state index in [4.69, 9.17) is 17.7 Å². The topological polar surface area (TPSA) is 59.0 Å². The standard InChI is InChI=1S/C64H38N2O4/c1-3-13-42(14-4-1)65(44-27-25-39(26-28-44)47-19-11-20-52-48-17-7-9-23-57(48)69-63(47)52)45-29-31-50-54-33-40-36-60-55(34-41(40)35-59(54)67-61(50)37-45)51-32-30-46(38-62(51)68-60)66(43-15-5-2-6-16-43)56-22-12-21-53-49-18-8-10-24-58(49)70-64(53)56/h1-38H. The molecule has 0 atom stereocenters. The Labute approximate surface area is 400 Å². The van der Waals surface area contributed by atoms with E-state index in [9.17, 15) is 0 Å². The number of nitrogens with zero attached hydrogens (tertiary/aromatic N) is 2. The first-order valence-corrected chi connectivity index (χ1v) is 23.5. The molecule has 328 valence electrons. The summed E-state index contributed by atoms with van der Waals surface area (Å²) in [6.45, 7) is 0. The van der Waals surface area contributed by atoms with Gasteiger partial charge in [-0.25, -0.2) is 0 Å². The number of para-hydroxylation sites is 6. The average Bonchev–Trinajstić information content (AvgIpc) is 4.18. The van der Waals surface area contributed by atoms with Gasteiger partial charge < -0.3 is 27.5 Å². The number of hydrogen-bond acceptors (Lipinski definition) is 6. The molecule has 0 spiro atoms. The SMILES string of the molecule is c1ccc(N(c2ccc(-c3cccc4c3oc3ccccc34)cc2)c2ccc3c(c2)oc2cc4cc5c(cc4cc23)oc2cc(N(c3ccccc3)c3cccc4c3oc3ccccc34)ccc25)cc1. The van der Waals surface area contributed by atoms with Crippen LogP contribution in [0.5, 0.6) is 0 Å². The lowest BCUT2D eigenvalue weighted by atomic mass is 10.0. The monoisotopic (exact) mass is 898 g/mol. The molecule has 0 amide bonds. The zero-order valence-electron chi connectivity index (χ0n) is 37.5. The minimum absolute atomic E-state index is 0.809. The van der Waals surface area contributed by atoms with Gasteiger partial charge in [0.15, 0.2) is 5.58 Å². The number of rotatable bonds is 7. The molecule has 0 saturated heterocycles. The molecule has 6 nitrogen and oxygen atoms in total. The molecule has 4 aromatic heterocycles. The molecule has 0 aliphatic rings. The van der Waals surface area contributed by atoms with Crippen LogP contribution in [0.4, 0.5) is 34.1 Å². The van der Waals surface area contributed by atoms with E-state index in [0.717, 1.165) is 144 Å². The summed E-state index contributed by atoms with van der Waals surface area (Å²) in [6.07, 6.45) is 0. The second-order valence-corrected chi connectivity index (χ2v) is 18.0. The Hall–Kier alpha value is -9.52. The third-order valence-electron chi connectivity index (χ3n) is 14.0. The molecule has 0 N–H and O–H groups in total. The molecule has 70 heavy (non-hydrogen) atoms. The fourth-order valence-corrected chi connectivity index (χ4v) is 10.8. The normalized spacial score (nSPS) is 12.0. The van der Waals surface area contributed by atoms with E-state index in [1.54, 1.807) is 0 Å². The average molecular weight is 899 g/mol. The lowest BCUT2D eigenvalue weighted by Crippen LogP contribution is -2.09. The van der Waals surface area contributed by atoms with Crippen molar-refractivity contribution in [2.75, 3.05) is 9.80 Å². The highest BCUT2D eigenvalue weighted by atomic mass is 16.3. The first kappa shape index (κ1) is 38.6. The Morgan fingerprint density at radius 3 is 1.30 bits per heavy atom. The summed E-state index contributed by atoms with van der Waals surface area (Å²) in [6, 6.07) is 80.6. The molecule has 0 bridgehead atoms. The maximum atomic E-state index is 6.75. The fourth-order valence-electron chi connectivity index (χ4n) is 10.8. The van der Waals surface area contributed by atoms with Gasteiger partial charge in [0.25, 0.3) is 0 Å². The van der Waals surface area contributed by atoms with Crippen LogP contribution in [0.1, 0.15) is 0 Å². The van der Waals surface area contributed by atoms with Crippen LogP contribution in [0.3, 0.4) is 0 Å². The van der Waals surface area contributed by atoms with Crippen LogP contribution in [0, 0.1) is 0 Å². The summed E-state index contributed by atoms with van der Waals surface area (Å²) >= 11 is 0. The highest BCUT2D eigenvalue weighted by Crippen LogP contribution is 2.46. The quantitative estimate of drug-likeness (QED) is 0.159. The summed E-state index contributed by atoms with van der Waals surface area (Å²) in [7, 11) is 0. The van der Waals surface area contributed by atoms with Crippen LogP contribution < -0.4 is 9.80 Å². The largest absolute Gasteiger partial charge is 0.456 e. The fraction of sp³-hybridized carbons (Fsp3) is 0. The van der Waals surface area contributed by atoms with E-state index in [1.165, 1.54) is 0 Å². The molecule has 0 aliphatic carbocycles. The lowest BCUT2D eigenvalue weighted by Gasteiger charge is -2.25. The van der Waals surface area contributed by atoms with Gasteiger partial charge in [-0.3, -0.25) is 0 Å². The molecule has 0 radical (unpaired) electrons. The van der Waals surface area contributed by atoms with Crippen molar-refractivity contribution in [1.29, 1.82) is 0 Å². The highest BCUT2D eigenvalue weighted by molar-refractivity contribution is 6.16. The molecule has 0 saturated carbocycles. The Bertz CT molecular complexity index is 4540. The molecule has 4 heterocycles.